The summed E-state index contributed by atoms with van der Waals surface area (Å²) in [6.45, 7) is 4.64. The number of carbonyl (C=O) groups is 1. The van der Waals surface area contributed by atoms with Crippen LogP contribution in [0.5, 0.6) is 0 Å². The molecule has 0 aromatic carbocycles. The number of nitrogens with zero attached hydrogens (tertiary/aromatic N) is 2. The molecule has 3 heterocycles. The monoisotopic (exact) mass is 291 g/mol. The summed E-state index contributed by atoms with van der Waals surface area (Å²) in [5.74, 6) is -0.00426. The number of rotatable bonds is 1. The van der Waals surface area contributed by atoms with Crippen molar-refractivity contribution in [1.82, 2.24) is 9.88 Å². The Morgan fingerprint density at radius 1 is 1.45 bits per heavy atom. The minimum Gasteiger partial charge on any atom is -0.397 e. The number of hydrogen-bond donors (Lipinski definition) is 1. The highest BCUT2D eigenvalue weighted by Crippen LogP contribution is 2.35. The Morgan fingerprint density at radius 3 is 3.10 bits per heavy atom. The fourth-order valence-corrected chi connectivity index (χ4v) is 3.56. The van der Waals surface area contributed by atoms with Crippen molar-refractivity contribution in [3.8, 4) is 0 Å². The molecule has 3 rings (SSSR count). The van der Waals surface area contributed by atoms with E-state index in [1.165, 1.54) is 11.3 Å². The lowest BCUT2D eigenvalue weighted by Gasteiger charge is -2.18. The van der Waals surface area contributed by atoms with E-state index in [0.717, 1.165) is 28.7 Å². The molecule has 1 fully saturated rings. The van der Waals surface area contributed by atoms with Crippen LogP contribution in [-0.2, 0) is 4.74 Å². The van der Waals surface area contributed by atoms with Crippen LogP contribution in [0, 0.1) is 6.92 Å². The first-order chi connectivity index (χ1) is 9.68. The fraction of sp³-hybridized carbons (Fsp3) is 0.429. The third kappa shape index (κ3) is 2.25. The Kier molecular flexibility index (Phi) is 3.58. The van der Waals surface area contributed by atoms with Crippen molar-refractivity contribution in [2.45, 2.75) is 13.3 Å². The maximum absolute atomic E-state index is 12.6. The van der Waals surface area contributed by atoms with E-state index in [9.17, 15) is 4.79 Å². The standard InChI is InChI=1S/C14H17N3O2S/c1-9-3-4-16-13-10(9)11(15)12(20-13)14(18)17-5-2-7-19-8-6-17/h3-4H,2,5-8,15H2,1H3. The van der Waals surface area contributed by atoms with Crippen molar-refractivity contribution in [1.29, 1.82) is 0 Å². The van der Waals surface area contributed by atoms with Crippen LogP contribution < -0.4 is 5.73 Å². The lowest BCUT2D eigenvalue weighted by molar-refractivity contribution is 0.0747. The second kappa shape index (κ2) is 5.38. The van der Waals surface area contributed by atoms with Gasteiger partial charge in [0.05, 0.1) is 12.3 Å². The molecule has 1 aliphatic heterocycles. The highest BCUT2D eigenvalue weighted by molar-refractivity contribution is 7.21. The summed E-state index contributed by atoms with van der Waals surface area (Å²) in [4.78, 5) is 20.2. The van der Waals surface area contributed by atoms with Gasteiger partial charge in [0.25, 0.3) is 5.91 Å². The van der Waals surface area contributed by atoms with Crippen LogP contribution in [0.1, 0.15) is 21.7 Å². The molecule has 0 spiro atoms. The number of anilines is 1. The van der Waals surface area contributed by atoms with Crippen LogP contribution in [0.2, 0.25) is 0 Å². The van der Waals surface area contributed by atoms with E-state index < -0.39 is 0 Å². The van der Waals surface area contributed by atoms with Gasteiger partial charge in [0.1, 0.15) is 9.71 Å². The van der Waals surface area contributed by atoms with Crippen LogP contribution in [0.15, 0.2) is 12.3 Å². The van der Waals surface area contributed by atoms with Crippen molar-refractivity contribution in [3.63, 3.8) is 0 Å². The van der Waals surface area contributed by atoms with Crippen molar-refractivity contribution in [2.75, 3.05) is 32.0 Å². The zero-order chi connectivity index (χ0) is 14.1. The minimum absolute atomic E-state index is 0.00426. The van der Waals surface area contributed by atoms with E-state index in [2.05, 4.69) is 4.98 Å². The molecule has 0 aliphatic carbocycles. The van der Waals surface area contributed by atoms with E-state index in [-0.39, 0.29) is 5.91 Å². The van der Waals surface area contributed by atoms with Gasteiger partial charge in [-0.2, -0.15) is 0 Å². The molecule has 5 nitrogen and oxygen atoms in total. The molecular weight excluding hydrogens is 274 g/mol. The van der Waals surface area contributed by atoms with Gasteiger partial charge in [-0.15, -0.1) is 11.3 Å². The molecule has 0 radical (unpaired) electrons. The second-order valence-corrected chi connectivity index (χ2v) is 5.91. The Bertz CT molecular complexity index is 645. The lowest BCUT2D eigenvalue weighted by Crippen LogP contribution is -2.33. The molecule has 106 valence electrons. The lowest BCUT2D eigenvalue weighted by atomic mass is 10.1. The number of aryl methyl sites for hydroxylation is 1. The number of nitrogen functional groups attached to an aromatic ring is 1. The van der Waals surface area contributed by atoms with E-state index in [0.29, 0.717) is 30.3 Å². The summed E-state index contributed by atoms with van der Waals surface area (Å²) in [7, 11) is 0. The van der Waals surface area contributed by atoms with Gasteiger partial charge in [0, 0.05) is 31.3 Å². The average Bonchev–Trinajstić information content (AvgIpc) is 2.65. The van der Waals surface area contributed by atoms with Gasteiger partial charge in [-0.05, 0) is 25.0 Å². The first-order valence-electron chi connectivity index (χ1n) is 6.69. The van der Waals surface area contributed by atoms with Gasteiger partial charge in [0.15, 0.2) is 0 Å². The van der Waals surface area contributed by atoms with E-state index in [1.54, 1.807) is 6.20 Å². The van der Waals surface area contributed by atoms with Crippen molar-refractivity contribution < 1.29 is 9.53 Å². The largest absolute Gasteiger partial charge is 0.397 e. The maximum atomic E-state index is 12.6. The highest BCUT2D eigenvalue weighted by Gasteiger charge is 2.23. The second-order valence-electron chi connectivity index (χ2n) is 4.91. The van der Waals surface area contributed by atoms with Crippen molar-refractivity contribution in [3.05, 3.63) is 22.7 Å². The Hall–Kier alpha value is -1.66. The number of hydrogen-bond acceptors (Lipinski definition) is 5. The number of thiophene rings is 1. The highest BCUT2D eigenvalue weighted by atomic mass is 32.1. The third-order valence-corrected chi connectivity index (χ3v) is 4.64. The molecule has 0 unspecified atom stereocenters. The smallest absolute Gasteiger partial charge is 0.266 e. The van der Waals surface area contributed by atoms with Crippen LogP contribution in [-0.4, -0.2) is 42.1 Å². The summed E-state index contributed by atoms with van der Waals surface area (Å²) in [6.07, 6.45) is 2.62. The predicted molar refractivity (Wildman–Crippen MR) is 80.1 cm³/mol. The van der Waals surface area contributed by atoms with Crippen LogP contribution in [0.25, 0.3) is 10.2 Å². The van der Waals surface area contributed by atoms with Crippen molar-refractivity contribution in [2.24, 2.45) is 0 Å². The van der Waals surface area contributed by atoms with Gasteiger partial charge >= 0.3 is 0 Å². The number of nitrogens with two attached hydrogens (primary N) is 1. The van der Waals surface area contributed by atoms with E-state index >= 15 is 0 Å². The molecule has 0 atom stereocenters. The number of ether oxygens (including phenoxy) is 1. The summed E-state index contributed by atoms with van der Waals surface area (Å²) in [6, 6.07) is 1.92. The Morgan fingerprint density at radius 2 is 2.30 bits per heavy atom. The van der Waals surface area contributed by atoms with Crippen LogP contribution in [0.4, 0.5) is 5.69 Å². The number of fused-ring (bicyclic) bond motifs is 1. The van der Waals surface area contributed by atoms with Gasteiger partial charge < -0.3 is 15.4 Å². The molecule has 1 amide bonds. The maximum Gasteiger partial charge on any atom is 0.266 e. The Labute approximate surface area is 121 Å². The molecule has 6 heteroatoms. The number of pyridine rings is 1. The van der Waals surface area contributed by atoms with Gasteiger partial charge in [-0.3, -0.25) is 4.79 Å². The summed E-state index contributed by atoms with van der Waals surface area (Å²) in [5.41, 5.74) is 7.80. The zero-order valence-electron chi connectivity index (χ0n) is 11.4. The predicted octanol–water partition coefficient (Wildman–Crippen LogP) is 2.05. The Balaban J connectivity index is 1.99. The molecule has 0 bridgehead atoms. The number of carbonyl (C=O) groups excluding carboxylic acids is 1. The normalized spacial score (nSPS) is 16.4. The topological polar surface area (TPSA) is 68.5 Å². The zero-order valence-corrected chi connectivity index (χ0v) is 12.2. The van der Waals surface area contributed by atoms with Crippen LogP contribution >= 0.6 is 11.3 Å². The molecule has 2 aromatic rings. The van der Waals surface area contributed by atoms with Gasteiger partial charge in [0.2, 0.25) is 0 Å². The summed E-state index contributed by atoms with van der Waals surface area (Å²) >= 11 is 1.38. The molecule has 2 aromatic heterocycles. The average molecular weight is 291 g/mol. The van der Waals surface area contributed by atoms with E-state index in [1.807, 2.05) is 17.9 Å². The number of aromatic nitrogens is 1. The summed E-state index contributed by atoms with van der Waals surface area (Å²) < 4.78 is 5.38. The van der Waals surface area contributed by atoms with E-state index in [4.69, 9.17) is 10.5 Å². The van der Waals surface area contributed by atoms with Crippen LogP contribution in [0.3, 0.4) is 0 Å². The number of amides is 1. The van der Waals surface area contributed by atoms with Gasteiger partial charge in [-0.25, -0.2) is 4.98 Å². The molecule has 20 heavy (non-hydrogen) atoms. The quantitative estimate of drug-likeness (QED) is 0.873. The fourth-order valence-electron chi connectivity index (χ4n) is 2.46. The SMILES string of the molecule is Cc1ccnc2sc(C(=O)N3CCCOCC3)c(N)c12. The van der Waals surface area contributed by atoms with Gasteiger partial charge in [-0.1, -0.05) is 0 Å². The summed E-state index contributed by atoms with van der Waals surface area (Å²) in [5, 5.41) is 0.909. The molecule has 2 N–H and O–H groups in total. The third-order valence-electron chi connectivity index (χ3n) is 3.54. The van der Waals surface area contributed by atoms with Crippen molar-refractivity contribution >= 4 is 33.1 Å². The first kappa shape index (κ1) is 13.3. The molecular formula is C14H17N3O2S. The minimum atomic E-state index is -0.00426. The molecule has 1 saturated heterocycles. The first-order valence-corrected chi connectivity index (χ1v) is 7.50. The molecule has 0 saturated carbocycles. The molecule has 1 aliphatic rings.